The number of nitriles is 1. The molecule has 1 amide bonds. The Labute approximate surface area is 113 Å². The largest absolute Gasteiger partial charge is 0.419 e. The molecule has 7 heteroatoms. The van der Waals surface area contributed by atoms with Crippen molar-refractivity contribution in [3.05, 3.63) is 35.1 Å². The van der Waals surface area contributed by atoms with Crippen LogP contribution in [0.3, 0.4) is 0 Å². The molecule has 0 saturated heterocycles. The average Bonchev–Trinajstić information content (AvgIpc) is 2.37. The fourth-order valence-electron chi connectivity index (χ4n) is 1.58. The van der Waals surface area contributed by atoms with Gasteiger partial charge in [0.2, 0.25) is 0 Å². The Balaban J connectivity index is 2.98. The highest BCUT2D eigenvalue weighted by atomic mass is 19.4. The SMILES string of the molecule is CCCC(C#N)NC(=O)c1ccc(F)c(C(F)(F)F)c1. The third-order valence-corrected chi connectivity index (χ3v) is 2.57. The molecule has 1 rings (SSSR count). The second kappa shape index (κ2) is 6.37. The van der Waals surface area contributed by atoms with Crippen molar-refractivity contribution in [2.45, 2.75) is 32.0 Å². The van der Waals surface area contributed by atoms with Gasteiger partial charge in [0, 0.05) is 5.56 Å². The van der Waals surface area contributed by atoms with Crippen molar-refractivity contribution in [1.82, 2.24) is 5.32 Å². The maximum Gasteiger partial charge on any atom is 0.419 e. The maximum atomic E-state index is 13.1. The summed E-state index contributed by atoms with van der Waals surface area (Å²) in [5, 5.41) is 11.1. The zero-order valence-corrected chi connectivity index (χ0v) is 10.6. The zero-order valence-electron chi connectivity index (χ0n) is 10.6. The highest BCUT2D eigenvalue weighted by Gasteiger charge is 2.34. The molecule has 1 atom stereocenters. The number of rotatable bonds is 4. The van der Waals surface area contributed by atoms with Gasteiger partial charge in [0.05, 0.1) is 11.6 Å². The molecule has 1 aromatic rings. The summed E-state index contributed by atoms with van der Waals surface area (Å²) in [7, 11) is 0. The van der Waals surface area contributed by atoms with Gasteiger partial charge in [0.25, 0.3) is 5.91 Å². The van der Waals surface area contributed by atoms with Gasteiger partial charge < -0.3 is 5.32 Å². The number of carbonyl (C=O) groups is 1. The van der Waals surface area contributed by atoms with E-state index in [4.69, 9.17) is 5.26 Å². The van der Waals surface area contributed by atoms with E-state index in [0.29, 0.717) is 25.0 Å². The number of carbonyl (C=O) groups excluding carboxylic acids is 1. The van der Waals surface area contributed by atoms with E-state index in [1.54, 1.807) is 6.92 Å². The van der Waals surface area contributed by atoms with Crippen LogP contribution >= 0.6 is 0 Å². The number of hydrogen-bond donors (Lipinski definition) is 1. The standard InChI is InChI=1S/C13H12F4N2O/c1-2-3-9(7-18)19-12(20)8-4-5-11(14)10(6-8)13(15,16)17/h4-6,9H,2-3H2,1H3,(H,19,20). The average molecular weight is 288 g/mol. The molecule has 0 aliphatic carbocycles. The van der Waals surface area contributed by atoms with Gasteiger partial charge in [-0.15, -0.1) is 0 Å². The molecule has 0 aliphatic rings. The van der Waals surface area contributed by atoms with Gasteiger partial charge in [-0.25, -0.2) is 4.39 Å². The first kappa shape index (κ1) is 16.0. The Hall–Kier alpha value is -2.10. The quantitative estimate of drug-likeness (QED) is 0.864. The Bertz CT molecular complexity index is 534. The van der Waals surface area contributed by atoms with Gasteiger partial charge >= 0.3 is 6.18 Å². The molecular weight excluding hydrogens is 276 g/mol. The lowest BCUT2D eigenvalue weighted by Gasteiger charge is -2.12. The molecule has 0 radical (unpaired) electrons. The number of hydrogen-bond acceptors (Lipinski definition) is 2. The number of benzene rings is 1. The number of amides is 1. The number of halogens is 4. The van der Waals surface area contributed by atoms with Gasteiger partial charge in [-0.05, 0) is 24.6 Å². The summed E-state index contributed by atoms with van der Waals surface area (Å²) in [4.78, 5) is 11.7. The summed E-state index contributed by atoms with van der Waals surface area (Å²) < 4.78 is 50.6. The molecule has 0 fully saturated rings. The van der Waals surface area contributed by atoms with Gasteiger partial charge in [-0.2, -0.15) is 18.4 Å². The fraction of sp³-hybridized carbons (Fsp3) is 0.385. The summed E-state index contributed by atoms with van der Waals surface area (Å²) in [5.41, 5.74) is -1.84. The Morgan fingerprint density at radius 2 is 2.10 bits per heavy atom. The van der Waals surface area contributed by atoms with Crippen molar-refractivity contribution in [1.29, 1.82) is 5.26 Å². The zero-order chi connectivity index (χ0) is 15.3. The molecule has 1 unspecified atom stereocenters. The minimum absolute atomic E-state index is 0.338. The van der Waals surface area contributed by atoms with E-state index >= 15 is 0 Å². The van der Waals surface area contributed by atoms with E-state index in [2.05, 4.69) is 5.32 Å². The molecule has 0 saturated carbocycles. The molecule has 0 aromatic heterocycles. The summed E-state index contributed by atoms with van der Waals surface area (Å²) in [6.07, 6.45) is -3.86. The van der Waals surface area contributed by atoms with E-state index in [0.717, 1.165) is 6.07 Å². The Morgan fingerprint density at radius 1 is 1.45 bits per heavy atom. The minimum Gasteiger partial charge on any atom is -0.336 e. The number of nitrogens with one attached hydrogen (secondary N) is 1. The highest BCUT2D eigenvalue weighted by molar-refractivity contribution is 5.94. The normalized spacial score (nSPS) is 12.6. The van der Waals surface area contributed by atoms with Gasteiger partial charge in [-0.3, -0.25) is 4.79 Å². The maximum absolute atomic E-state index is 13.1. The van der Waals surface area contributed by atoms with Crippen LogP contribution in [0.4, 0.5) is 17.6 Å². The van der Waals surface area contributed by atoms with Crippen molar-refractivity contribution in [2.75, 3.05) is 0 Å². The molecule has 20 heavy (non-hydrogen) atoms. The lowest BCUT2D eigenvalue weighted by atomic mass is 10.1. The van der Waals surface area contributed by atoms with E-state index in [-0.39, 0.29) is 5.56 Å². The molecule has 3 nitrogen and oxygen atoms in total. The third-order valence-electron chi connectivity index (χ3n) is 2.57. The molecule has 0 bridgehead atoms. The predicted molar refractivity (Wildman–Crippen MR) is 63.2 cm³/mol. The topological polar surface area (TPSA) is 52.9 Å². The molecule has 108 valence electrons. The fourth-order valence-corrected chi connectivity index (χ4v) is 1.58. The van der Waals surface area contributed by atoms with E-state index < -0.39 is 29.5 Å². The van der Waals surface area contributed by atoms with Crippen molar-refractivity contribution >= 4 is 5.91 Å². The smallest absolute Gasteiger partial charge is 0.336 e. The first-order valence-electron chi connectivity index (χ1n) is 5.86. The van der Waals surface area contributed by atoms with Crippen molar-refractivity contribution in [3.63, 3.8) is 0 Å². The van der Waals surface area contributed by atoms with Crippen LogP contribution < -0.4 is 5.32 Å². The van der Waals surface area contributed by atoms with Crippen LogP contribution in [-0.2, 0) is 6.18 Å². The summed E-state index contributed by atoms with van der Waals surface area (Å²) in [6, 6.07) is 3.01. The predicted octanol–water partition coefficient (Wildman–Crippen LogP) is 3.27. The number of nitrogens with zero attached hydrogens (tertiary/aromatic N) is 1. The van der Waals surface area contributed by atoms with Crippen molar-refractivity contribution in [2.24, 2.45) is 0 Å². The lowest BCUT2D eigenvalue weighted by Crippen LogP contribution is -2.33. The van der Waals surface area contributed by atoms with Gasteiger partial charge in [0.1, 0.15) is 11.9 Å². The molecular formula is C13H12F4N2O. The second-order valence-electron chi connectivity index (χ2n) is 4.14. The molecule has 0 aliphatic heterocycles. The van der Waals surface area contributed by atoms with Crippen LogP contribution in [0.25, 0.3) is 0 Å². The summed E-state index contributed by atoms with van der Waals surface area (Å²) in [5.74, 6) is -2.28. The van der Waals surface area contributed by atoms with E-state index in [9.17, 15) is 22.4 Å². The highest BCUT2D eigenvalue weighted by Crippen LogP contribution is 2.31. The first-order chi connectivity index (χ1) is 9.29. The van der Waals surface area contributed by atoms with E-state index in [1.807, 2.05) is 6.07 Å². The number of alkyl halides is 3. The Morgan fingerprint density at radius 3 is 2.60 bits per heavy atom. The lowest BCUT2D eigenvalue weighted by molar-refractivity contribution is -0.140. The van der Waals surface area contributed by atoms with Gasteiger partial charge in [-0.1, -0.05) is 13.3 Å². The molecule has 1 aromatic carbocycles. The van der Waals surface area contributed by atoms with Crippen LogP contribution in [0, 0.1) is 17.1 Å². The second-order valence-corrected chi connectivity index (χ2v) is 4.14. The minimum atomic E-state index is -4.88. The van der Waals surface area contributed by atoms with Crippen LogP contribution in [0.15, 0.2) is 18.2 Å². The summed E-state index contributed by atoms with van der Waals surface area (Å²) >= 11 is 0. The van der Waals surface area contributed by atoms with Crippen molar-refractivity contribution in [3.8, 4) is 6.07 Å². The summed E-state index contributed by atoms with van der Waals surface area (Å²) in [6.45, 7) is 1.80. The van der Waals surface area contributed by atoms with Crippen LogP contribution in [0.2, 0.25) is 0 Å². The Kier molecular flexibility index (Phi) is 5.08. The monoisotopic (exact) mass is 288 g/mol. The van der Waals surface area contributed by atoms with Crippen LogP contribution in [0.1, 0.15) is 35.7 Å². The van der Waals surface area contributed by atoms with Crippen LogP contribution in [-0.4, -0.2) is 11.9 Å². The van der Waals surface area contributed by atoms with Gasteiger partial charge in [0.15, 0.2) is 0 Å². The molecule has 0 spiro atoms. The molecule has 1 N–H and O–H groups in total. The molecule has 0 heterocycles. The van der Waals surface area contributed by atoms with E-state index in [1.165, 1.54) is 0 Å². The third kappa shape index (κ3) is 3.95. The first-order valence-corrected chi connectivity index (χ1v) is 5.86. The van der Waals surface area contributed by atoms with Crippen molar-refractivity contribution < 1.29 is 22.4 Å². The van der Waals surface area contributed by atoms with Crippen LogP contribution in [0.5, 0.6) is 0 Å².